The van der Waals surface area contributed by atoms with Crippen molar-refractivity contribution in [3.8, 4) is 0 Å². The molecule has 2 fully saturated rings. The fourth-order valence-corrected chi connectivity index (χ4v) is 3.28. The van der Waals surface area contributed by atoms with E-state index in [9.17, 15) is 0 Å². The van der Waals surface area contributed by atoms with Crippen LogP contribution in [0.5, 0.6) is 0 Å². The Kier molecular flexibility index (Phi) is 3.94. The minimum absolute atomic E-state index is 0.748. The summed E-state index contributed by atoms with van der Waals surface area (Å²) in [6.45, 7) is 8.99. The Morgan fingerprint density at radius 3 is 2.53 bits per heavy atom. The van der Waals surface area contributed by atoms with Crippen LogP contribution >= 0.6 is 0 Å². The van der Waals surface area contributed by atoms with Gasteiger partial charge in [0.25, 0.3) is 0 Å². The van der Waals surface area contributed by atoms with Gasteiger partial charge >= 0.3 is 0 Å². The molecule has 1 saturated heterocycles. The maximum Gasteiger partial charge on any atom is 0.118 e. The van der Waals surface area contributed by atoms with Crippen LogP contribution in [0.3, 0.4) is 0 Å². The molecule has 2 aliphatic rings. The van der Waals surface area contributed by atoms with Gasteiger partial charge in [-0.2, -0.15) is 0 Å². The van der Waals surface area contributed by atoms with Gasteiger partial charge in [0.15, 0.2) is 0 Å². The third kappa shape index (κ3) is 3.83. The summed E-state index contributed by atoms with van der Waals surface area (Å²) in [6, 6.07) is 5.02. The summed E-state index contributed by atoms with van der Waals surface area (Å²) in [6.07, 6.45) is 4.03. The molecule has 1 aromatic rings. The summed E-state index contributed by atoms with van der Waals surface area (Å²) >= 11 is 0. The van der Waals surface area contributed by atoms with Crippen molar-refractivity contribution >= 4 is 0 Å². The number of likely N-dealkylation sites (tertiary alicyclic amines) is 1. The fourth-order valence-electron chi connectivity index (χ4n) is 3.28. The van der Waals surface area contributed by atoms with Crippen LogP contribution in [0, 0.1) is 11.8 Å². The molecule has 3 nitrogen and oxygen atoms in total. The Morgan fingerprint density at radius 2 is 1.84 bits per heavy atom. The Balaban J connectivity index is 1.51. The van der Waals surface area contributed by atoms with E-state index < -0.39 is 0 Å². The van der Waals surface area contributed by atoms with Crippen LogP contribution in [0.4, 0.5) is 0 Å². The van der Waals surface area contributed by atoms with E-state index in [0.717, 1.165) is 42.5 Å². The van der Waals surface area contributed by atoms with Crippen molar-refractivity contribution in [3.05, 3.63) is 23.7 Å². The van der Waals surface area contributed by atoms with E-state index in [-0.39, 0.29) is 0 Å². The second-order valence-electron chi connectivity index (χ2n) is 6.66. The Morgan fingerprint density at radius 1 is 1.16 bits per heavy atom. The van der Waals surface area contributed by atoms with Crippen LogP contribution < -0.4 is 5.32 Å². The van der Waals surface area contributed by atoms with E-state index in [4.69, 9.17) is 4.42 Å². The number of hydrogen-bond donors (Lipinski definition) is 1. The van der Waals surface area contributed by atoms with Crippen LogP contribution in [-0.2, 0) is 13.1 Å². The lowest BCUT2D eigenvalue weighted by atomic mass is 9.92. The molecular weight excluding hydrogens is 236 g/mol. The van der Waals surface area contributed by atoms with Gasteiger partial charge in [0, 0.05) is 19.1 Å². The molecule has 1 saturated carbocycles. The highest BCUT2D eigenvalue weighted by Gasteiger charge is 2.23. The second-order valence-corrected chi connectivity index (χ2v) is 6.66. The van der Waals surface area contributed by atoms with Crippen LogP contribution in [0.1, 0.15) is 44.6 Å². The highest BCUT2D eigenvalue weighted by molar-refractivity contribution is 5.07. The predicted molar refractivity (Wildman–Crippen MR) is 76.8 cm³/mol. The highest BCUT2D eigenvalue weighted by atomic mass is 16.3. The maximum absolute atomic E-state index is 5.93. The quantitative estimate of drug-likeness (QED) is 0.884. The van der Waals surface area contributed by atoms with Gasteiger partial charge in [-0.25, -0.2) is 0 Å². The van der Waals surface area contributed by atoms with Crippen LogP contribution in [-0.4, -0.2) is 24.0 Å². The summed E-state index contributed by atoms with van der Waals surface area (Å²) in [7, 11) is 0. The first kappa shape index (κ1) is 13.2. The van der Waals surface area contributed by atoms with Crippen LogP contribution in [0.25, 0.3) is 0 Å². The standard InChI is InChI=1S/C16H26N2O/c1-12-7-13(2)10-18(9-12)11-16-6-5-15(19-16)8-17-14-3-4-14/h5-6,12-14,17H,3-4,7-11H2,1-2H3. The molecule has 3 rings (SSSR count). The highest BCUT2D eigenvalue weighted by Crippen LogP contribution is 2.23. The zero-order valence-electron chi connectivity index (χ0n) is 12.2. The molecule has 0 aromatic carbocycles. The Labute approximate surface area is 116 Å². The van der Waals surface area contributed by atoms with E-state index in [0.29, 0.717) is 0 Å². The van der Waals surface area contributed by atoms with Crippen molar-refractivity contribution in [1.29, 1.82) is 0 Å². The number of hydrogen-bond acceptors (Lipinski definition) is 3. The molecule has 19 heavy (non-hydrogen) atoms. The number of furan rings is 1. The third-order valence-electron chi connectivity index (χ3n) is 4.18. The van der Waals surface area contributed by atoms with Gasteiger partial charge in [-0.15, -0.1) is 0 Å². The molecule has 1 aliphatic heterocycles. The average molecular weight is 262 g/mol. The molecule has 2 unspecified atom stereocenters. The van der Waals surface area contributed by atoms with E-state index in [1.807, 2.05) is 0 Å². The number of nitrogens with zero attached hydrogens (tertiary/aromatic N) is 1. The third-order valence-corrected chi connectivity index (χ3v) is 4.18. The van der Waals surface area contributed by atoms with Crippen LogP contribution in [0.15, 0.2) is 16.5 Å². The van der Waals surface area contributed by atoms with Crippen molar-refractivity contribution in [3.63, 3.8) is 0 Å². The minimum Gasteiger partial charge on any atom is -0.463 e. The van der Waals surface area contributed by atoms with E-state index >= 15 is 0 Å². The lowest BCUT2D eigenvalue weighted by molar-refractivity contribution is 0.125. The van der Waals surface area contributed by atoms with Crippen molar-refractivity contribution in [2.75, 3.05) is 13.1 Å². The Hall–Kier alpha value is -0.800. The molecule has 0 radical (unpaired) electrons. The monoisotopic (exact) mass is 262 g/mol. The molecule has 1 aromatic heterocycles. The fraction of sp³-hybridized carbons (Fsp3) is 0.750. The molecule has 2 heterocycles. The van der Waals surface area contributed by atoms with Crippen LogP contribution in [0.2, 0.25) is 0 Å². The van der Waals surface area contributed by atoms with Gasteiger partial charge in [0.1, 0.15) is 11.5 Å². The summed E-state index contributed by atoms with van der Waals surface area (Å²) < 4.78 is 5.93. The molecular formula is C16H26N2O. The number of piperidine rings is 1. The molecule has 1 N–H and O–H groups in total. The number of nitrogens with one attached hydrogen (secondary N) is 1. The molecule has 1 aliphatic carbocycles. The van der Waals surface area contributed by atoms with E-state index in [2.05, 4.69) is 36.2 Å². The normalized spacial score (nSPS) is 28.7. The molecule has 0 bridgehead atoms. The smallest absolute Gasteiger partial charge is 0.118 e. The van der Waals surface area contributed by atoms with Gasteiger partial charge in [-0.1, -0.05) is 13.8 Å². The van der Waals surface area contributed by atoms with E-state index in [1.54, 1.807) is 0 Å². The minimum atomic E-state index is 0.748. The number of rotatable bonds is 5. The van der Waals surface area contributed by atoms with Gasteiger partial charge in [-0.05, 0) is 43.2 Å². The van der Waals surface area contributed by atoms with Gasteiger partial charge in [0.05, 0.1) is 13.1 Å². The molecule has 2 atom stereocenters. The lowest BCUT2D eigenvalue weighted by Crippen LogP contribution is -2.37. The van der Waals surface area contributed by atoms with Gasteiger partial charge in [0.2, 0.25) is 0 Å². The van der Waals surface area contributed by atoms with Crippen molar-refractivity contribution in [2.24, 2.45) is 11.8 Å². The first-order valence-corrected chi connectivity index (χ1v) is 7.72. The second kappa shape index (κ2) is 5.68. The zero-order valence-corrected chi connectivity index (χ0v) is 12.2. The van der Waals surface area contributed by atoms with Crippen molar-refractivity contribution < 1.29 is 4.42 Å². The first-order chi connectivity index (χ1) is 9.19. The van der Waals surface area contributed by atoms with Crippen molar-refractivity contribution in [1.82, 2.24) is 10.2 Å². The topological polar surface area (TPSA) is 28.4 Å². The predicted octanol–water partition coefficient (Wildman–Crippen LogP) is 3.01. The summed E-state index contributed by atoms with van der Waals surface area (Å²) in [5.41, 5.74) is 0. The summed E-state index contributed by atoms with van der Waals surface area (Å²) in [5.74, 6) is 3.83. The SMILES string of the molecule is CC1CC(C)CN(Cc2ccc(CNC3CC3)o2)C1. The zero-order chi connectivity index (χ0) is 13.2. The molecule has 0 amide bonds. The Bertz CT molecular complexity index is 401. The van der Waals surface area contributed by atoms with Gasteiger partial charge < -0.3 is 9.73 Å². The molecule has 3 heteroatoms. The summed E-state index contributed by atoms with van der Waals surface area (Å²) in [4.78, 5) is 2.54. The summed E-state index contributed by atoms with van der Waals surface area (Å²) in [5, 5.41) is 3.50. The lowest BCUT2D eigenvalue weighted by Gasteiger charge is -2.34. The average Bonchev–Trinajstić information content (AvgIpc) is 3.06. The first-order valence-electron chi connectivity index (χ1n) is 7.72. The van der Waals surface area contributed by atoms with E-state index in [1.165, 1.54) is 32.4 Å². The maximum atomic E-state index is 5.93. The van der Waals surface area contributed by atoms with Crippen molar-refractivity contribution in [2.45, 2.75) is 52.2 Å². The molecule has 0 spiro atoms. The van der Waals surface area contributed by atoms with Gasteiger partial charge in [-0.3, -0.25) is 4.90 Å². The largest absolute Gasteiger partial charge is 0.463 e. The molecule has 106 valence electrons.